The molecule has 0 saturated carbocycles. The van der Waals surface area contributed by atoms with Crippen LogP contribution in [-0.2, 0) is 3.83 Å². The Labute approximate surface area is 76.0 Å². The van der Waals surface area contributed by atoms with Crippen LogP contribution in [0.1, 0.15) is 13.8 Å². The fourth-order valence-corrected chi connectivity index (χ4v) is 1.06. The van der Waals surface area contributed by atoms with Crippen molar-refractivity contribution < 1.29 is 12.2 Å². The Morgan fingerprint density at radius 1 is 1.22 bits per heavy atom. The molecule has 0 aliphatic carbocycles. The minimum Gasteiger partial charge on any atom is 2.00 e. The van der Waals surface area contributed by atoms with Gasteiger partial charge in [0.05, 0.1) is 0 Å². The van der Waals surface area contributed by atoms with Crippen LogP contribution < -0.4 is 8.38 Å². The molecule has 0 amide bonds. The molecule has 0 aromatic rings. The molecule has 0 heterocycles. The molecule has 0 aliphatic rings. The fraction of sp³-hybridized carbons (Fsp3) is 1.00. The van der Waals surface area contributed by atoms with Crippen molar-refractivity contribution in [1.29, 1.82) is 0 Å². The van der Waals surface area contributed by atoms with Gasteiger partial charge in [-0.15, -0.1) is 0 Å². The molecule has 2 radical (unpaired) electrons. The zero-order valence-corrected chi connectivity index (χ0v) is 11.1. The molecule has 0 atom stereocenters. The molecule has 5 heteroatoms. The summed E-state index contributed by atoms with van der Waals surface area (Å²) in [7, 11) is 0. The normalized spacial score (nSPS) is 15.3. The monoisotopic (exact) mass is 394 g/mol. The fourth-order valence-electron chi connectivity index (χ4n) is 0.204. The Bertz CT molecular complexity index is 129. The minimum atomic E-state index is -5.21. The first-order valence-corrected chi connectivity index (χ1v) is 7.01. The third kappa shape index (κ3) is 5.60. The zero-order valence-electron chi connectivity index (χ0n) is 5.55. The smallest absolute Gasteiger partial charge is 2.00 e. The van der Waals surface area contributed by atoms with E-state index < -0.39 is 12.4 Å². The molecule has 0 rings (SSSR count). The summed E-state index contributed by atoms with van der Waals surface area (Å²) < 4.78 is 31.4. The summed E-state index contributed by atoms with van der Waals surface area (Å²) in [6, 6.07) is 0. The summed E-state index contributed by atoms with van der Waals surface area (Å²) in [6.45, 7) is 2.77. The van der Waals surface area contributed by atoms with Crippen LogP contribution in [-0.4, -0.2) is 39.7 Å². The van der Waals surface area contributed by atoms with E-state index in [2.05, 4.69) is 0 Å². The Kier molecular flexibility index (Phi) is 5.01. The molecular formula is C4H10O3PbSe. The summed E-state index contributed by atoms with van der Waals surface area (Å²) in [5.41, 5.74) is 0. The summed E-state index contributed by atoms with van der Waals surface area (Å²) in [5, 5.41) is -0.479. The van der Waals surface area contributed by atoms with Gasteiger partial charge in [0.2, 0.25) is 0 Å². The first kappa shape index (κ1) is 12.8. The third-order valence-electron chi connectivity index (χ3n) is 1.12. The SMILES string of the molecule is CC[Se](=O)([O-])([O-])CC.[Pb+2]. The molecule has 0 aliphatic heterocycles. The van der Waals surface area contributed by atoms with Gasteiger partial charge in [-0.05, 0) is 0 Å². The van der Waals surface area contributed by atoms with E-state index in [-0.39, 0.29) is 37.9 Å². The molecule has 0 aromatic heterocycles. The molecule has 0 bridgehead atoms. The summed E-state index contributed by atoms with van der Waals surface area (Å²) in [6.07, 6.45) is 0. The van der Waals surface area contributed by atoms with E-state index in [0.29, 0.717) is 0 Å². The van der Waals surface area contributed by atoms with Crippen molar-refractivity contribution in [2.24, 2.45) is 0 Å². The molecule has 0 aromatic carbocycles. The van der Waals surface area contributed by atoms with Crippen LogP contribution >= 0.6 is 0 Å². The maximum absolute atomic E-state index is 10.5. The van der Waals surface area contributed by atoms with Crippen LogP contribution in [0, 0.1) is 0 Å². The number of hydrogen-bond acceptors (Lipinski definition) is 3. The van der Waals surface area contributed by atoms with Crippen molar-refractivity contribution in [1.82, 2.24) is 0 Å². The second-order valence-corrected chi connectivity index (χ2v) is 8.80. The summed E-state index contributed by atoms with van der Waals surface area (Å²) >= 11 is -5.21. The molecular weight excluding hydrogens is 382 g/mol. The van der Waals surface area contributed by atoms with Gasteiger partial charge in [-0.2, -0.15) is 0 Å². The van der Waals surface area contributed by atoms with Crippen molar-refractivity contribution >= 4 is 39.7 Å². The van der Waals surface area contributed by atoms with E-state index in [0.717, 1.165) is 0 Å². The van der Waals surface area contributed by atoms with Crippen molar-refractivity contribution in [3.05, 3.63) is 0 Å². The van der Waals surface area contributed by atoms with Gasteiger partial charge in [-0.1, -0.05) is 0 Å². The van der Waals surface area contributed by atoms with Gasteiger partial charge in [-0.25, -0.2) is 0 Å². The third-order valence-corrected chi connectivity index (χ3v) is 5.80. The average molecular weight is 392 g/mol. The van der Waals surface area contributed by atoms with Gasteiger partial charge in [0, 0.05) is 0 Å². The van der Waals surface area contributed by atoms with Crippen LogP contribution in [0.4, 0.5) is 0 Å². The molecule has 54 valence electrons. The maximum atomic E-state index is 10.5. The Morgan fingerprint density at radius 2 is 1.44 bits per heavy atom. The van der Waals surface area contributed by atoms with Gasteiger partial charge < -0.3 is 0 Å². The predicted octanol–water partition coefficient (Wildman–Crippen LogP) is -1.31. The first-order valence-electron chi connectivity index (χ1n) is 2.49. The van der Waals surface area contributed by atoms with Crippen molar-refractivity contribution in [2.45, 2.75) is 24.5 Å². The second kappa shape index (κ2) is 3.52. The number of rotatable bonds is 2. The second-order valence-electron chi connectivity index (χ2n) is 1.69. The topological polar surface area (TPSA) is 63.2 Å². The molecule has 0 fully saturated rings. The van der Waals surface area contributed by atoms with Gasteiger partial charge in [0.25, 0.3) is 0 Å². The standard InChI is InChI=1S/C4H12O3Se.Pb/c1-3-8(5,6,7)4-2;/h3-4H2,1-2H3,(H2,5,6,7);/q;+2/p-2. The van der Waals surface area contributed by atoms with E-state index in [1.54, 1.807) is 0 Å². The summed E-state index contributed by atoms with van der Waals surface area (Å²) in [4.78, 5) is 0. The van der Waals surface area contributed by atoms with E-state index in [1.807, 2.05) is 0 Å². The first-order chi connectivity index (χ1) is 3.39. The van der Waals surface area contributed by atoms with Gasteiger partial charge in [0.1, 0.15) is 0 Å². The van der Waals surface area contributed by atoms with E-state index >= 15 is 0 Å². The maximum Gasteiger partial charge on any atom is 2.00 e. The summed E-state index contributed by atoms with van der Waals surface area (Å²) in [5.74, 6) is 0. The van der Waals surface area contributed by atoms with Gasteiger partial charge in [0.15, 0.2) is 0 Å². The van der Waals surface area contributed by atoms with Crippen molar-refractivity contribution in [3.8, 4) is 0 Å². The minimum absolute atomic E-state index is 0. The van der Waals surface area contributed by atoms with Crippen molar-refractivity contribution in [2.75, 3.05) is 0 Å². The van der Waals surface area contributed by atoms with E-state index in [9.17, 15) is 12.2 Å². The van der Waals surface area contributed by atoms with Crippen LogP contribution in [0.25, 0.3) is 0 Å². The van der Waals surface area contributed by atoms with Crippen molar-refractivity contribution in [3.63, 3.8) is 0 Å². The molecule has 0 saturated heterocycles. The molecule has 0 spiro atoms. The Balaban J connectivity index is 0. The largest absolute Gasteiger partial charge is 2.00 e. The van der Waals surface area contributed by atoms with E-state index in [4.69, 9.17) is 0 Å². The average Bonchev–Trinajstić information content (AvgIpc) is 1.68. The Morgan fingerprint density at radius 3 is 1.44 bits per heavy atom. The molecule has 3 nitrogen and oxygen atoms in total. The molecule has 9 heavy (non-hydrogen) atoms. The van der Waals surface area contributed by atoms with Gasteiger partial charge >= 0.3 is 76.4 Å². The van der Waals surface area contributed by atoms with Crippen LogP contribution in [0.2, 0.25) is 10.6 Å². The van der Waals surface area contributed by atoms with Crippen LogP contribution in [0.3, 0.4) is 0 Å². The van der Waals surface area contributed by atoms with E-state index in [1.165, 1.54) is 13.8 Å². The zero-order chi connectivity index (χ0) is 6.86. The molecule has 0 N–H and O–H groups in total. The Hall–Kier alpha value is 1.16. The van der Waals surface area contributed by atoms with Crippen LogP contribution in [0.15, 0.2) is 0 Å². The predicted molar refractivity (Wildman–Crippen MR) is 33.2 cm³/mol. The quantitative estimate of drug-likeness (QED) is 0.549. The van der Waals surface area contributed by atoms with Crippen LogP contribution in [0.5, 0.6) is 0 Å². The molecule has 0 unspecified atom stereocenters. The van der Waals surface area contributed by atoms with Gasteiger partial charge in [-0.3, -0.25) is 0 Å². The number of hydrogen-bond donors (Lipinski definition) is 0.